The summed E-state index contributed by atoms with van der Waals surface area (Å²) in [5.41, 5.74) is 1.95. The van der Waals surface area contributed by atoms with Crippen molar-refractivity contribution in [3.8, 4) is 17.2 Å². The largest absolute Gasteiger partial charge is 0.493 e. The second kappa shape index (κ2) is 12.2. The smallest absolute Gasteiger partial charge is 0.293 e. The van der Waals surface area contributed by atoms with Crippen molar-refractivity contribution in [2.75, 3.05) is 20.3 Å². The number of methoxy groups -OCH3 is 1. The summed E-state index contributed by atoms with van der Waals surface area (Å²) in [5, 5.41) is -0.0851. The van der Waals surface area contributed by atoms with Crippen molar-refractivity contribution in [2.45, 2.75) is 13.5 Å². The van der Waals surface area contributed by atoms with Gasteiger partial charge >= 0.3 is 0 Å². The van der Waals surface area contributed by atoms with E-state index in [0.29, 0.717) is 31.3 Å². The highest BCUT2D eigenvalue weighted by Gasteiger charge is 2.35. The molecule has 0 N–H and O–H groups in total. The zero-order valence-corrected chi connectivity index (χ0v) is 23.7. The fraction of sp³-hybridized carbons (Fsp3) is 0.185. The Kier molecular flexibility index (Phi) is 8.99. The predicted molar refractivity (Wildman–Crippen MR) is 151 cm³/mol. The Bertz CT molecular complexity index is 1360. The molecule has 1 heterocycles. The van der Waals surface area contributed by atoms with Crippen molar-refractivity contribution >= 4 is 63.2 Å². The number of nitrogens with zero attached hydrogens (tertiary/aromatic N) is 1. The number of ether oxygens (including phenoxy) is 3. The van der Waals surface area contributed by atoms with E-state index in [4.69, 9.17) is 25.8 Å². The molecule has 2 amide bonds. The lowest BCUT2D eigenvalue weighted by molar-refractivity contribution is -0.123. The van der Waals surface area contributed by atoms with Crippen molar-refractivity contribution in [1.82, 2.24) is 4.90 Å². The number of carbonyl (C=O) groups is 2. The lowest BCUT2D eigenvalue weighted by Crippen LogP contribution is -2.32. The molecule has 37 heavy (non-hydrogen) atoms. The molecule has 0 bridgehead atoms. The van der Waals surface area contributed by atoms with E-state index in [-0.39, 0.29) is 41.5 Å². The fourth-order valence-electron chi connectivity index (χ4n) is 3.58. The first-order valence-corrected chi connectivity index (χ1v) is 13.4. The molecule has 0 aromatic heterocycles. The maximum Gasteiger partial charge on any atom is 0.293 e. The first-order chi connectivity index (χ1) is 17.8. The van der Waals surface area contributed by atoms with Crippen LogP contribution in [0.25, 0.3) is 6.08 Å². The molecule has 0 radical (unpaired) electrons. The summed E-state index contributed by atoms with van der Waals surface area (Å²) in [7, 11) is 1.49. The molecule has 4 rings (SSSR count). The molecule has 1 fully saturated rings. The summed E-state index contributed by atoms with van der Waals surface area (Å²) >= 11 is 9.05. The van der Waals surface area contributed by atoms with Gasteiger partial charge in [-0.3, -0.25) is 14.5 Å². The van der Waals surface area contributed by atoms with Crippen LogP contribution in [0.5, 0.6) is 17.2 Å². The molecule has 3 aromatic rings. The molecule has 0 aliphatic carbocycles. The van der Waals surface area contributed by atoms with Crippen molar-refractivity contribution in [1.29, 1.82) is 0 Å². The van der Waals surface area contributed by atoms with Crippen molar-refractivity contribution in [3.05, 3.63) is 90.6 Å². The van der Waals surface area contributed by atoms with Crippen molar-refractivity contribution in [3.63, 3.8) is 0 Å². The number of thioether (sulfide) groups is 1. The van der Waals surface area contributed by atoms with Crippen LogP contribution < -0.4 is 14.2 Å². The first-order valence-electron chi connectivity index (χ1n) is 11.1. The topological polar surface area (TPSA) is 65.1 Å². The minimum Gasteiger partial charge on any atom is -0.493 e. The third-order valence-corrected chi connectivity index (χ3v) is 7.48. The molecule has 1 aliphatic rings. The summed E-state index contributed by atoms with van der Waals surface area (Å²) in [6, 6.07) is 15.5. The van der Waals surface area contributed by atoms with Crippen molar-refractivity contribution < 1.29 is 28.2 Å². The number of benzene rings is 3. The molecule has 0 unspecified atom stereocenters. The van der Waals surface area contributed by atoms with E-state index in [1.54, 1.807) is 24.3 Å². The molecule has 6 nitrogen and oxygen atoms in total. The lowest BCUT2D eigenvalue weighted by atomic mass is 10.1. The molecule has 0 spiro atoms. The van der Waals surface area contributed by atoms with Crippen molar-refractivity contribution in [2.24, 2.45) is 0 Å². The molecule has 0 saturated carbocycles. The number of hydrogen-bond donors (Lipinski definition) is 0. The van der Waals surface area contributed by atoms with E-state index in [2.05, 4.69) is 22.6 Å². The molecule has 1 saturated heterocycles. The molecular formula is C27H22ClFINO5S. The zero-order valence-electron chi connectivity index (χ0n) is 19.9. The quantitative estimate of drug-likeness (QED) is 0.182. The summed E-state index contributed by atoms with van der Waals surface area (Å²) in [6.45, 7) is 2.21. The highest BCUT2D eigenvalue weighted by Crippen LogP contribution is 2.38. The Morgan fingerprint density at radius 2 is 1.89 bits per heavy atom. The standard InChI is InChI=1S/C27H22ClFINO5S/c1-16-5-3-6-18(11-16)35-10-9-31-26(32)24(37-27(31)33)14-17-12-22(30)25(23(13-17)34-2)36-15-19-20(28)7-4-8-21(19)29/h3-8,11-14H,9-10,15H2,1-2H3/b24-14-. The van der Waals surface area contributed by atoms with Crippen LogP contribution in [-0.2, 0) is 11.4 Å². The van der Waals surface area contributed by atoms with Crippen LogP contribution in [-0.4, -0.2) is 36.3 Å². The van der Waals surface area contributed by atoms with Gasteiger partial charge in [0, 0.05) is 5.56 Å². The minimum absolute atomic E-state index is 0.0826. The van der Waals surface area contributed by atoms with Gasteiger partial charge in [-0.15, -0.1) is 0 Å². The van der Waals surface area contributed by atoms with Gasteiger partial charge in [0.05, 0.1) is 27.2 Å². The normalized spacial score (nSPS) is 14.4. The zero-order chi connectivity index (χ0) is 26.5. The fourth-order valence-corrected chi connectivity index (χ4v) is 5.45. The maximum atomic E-state index is 14.1. The number of rotatable bonds is 9. The van der Waals surface area contributed by atoms with Gasteiger partial charge in [0.1, 0.15) is 24.8 Å². The predicted octanol–water partition coefficient (Wildman–Crippen LogP) is 7.10. The SMILES string of the molecule is COc1cc(/C=C2\SC(=O)N(CCOc3cccc(C)c3)C2=O)cc(I)c1OCc1c(F)cccc1Cl. The second-order valence-corrected chi connectivity index (χ2v) is 10.6. The van der Waals surface area contributed by atoms with Crippen LogP contribution in [0.15, 0.2) is 59.5 Å². The van der Waals surface area contributed by atoms with E-state index in [0.717, 1.165) is 17.3 Å². The van der Waals surface area contributed by atoms with Gasteiger partial charge < -0.3 is 14.2 Å². The van der Waals surface area contributed by atoms with Gasteiger partial charge in [-0.1, -0.05) is 29.8 Å². The van der Waals surface area contributed by atoms with Gasteiger partial charge in [0.15, 0.2) is 11.5 Å². The van der Waals surface area contributed by atoms with Gasteiger partial charge in [0.25, 0.3) is 11.1 Å². The summed E-state index contributed by atoms with van der Waals surface area (Å²) in [6.07, 6.45) is 1.63. The Labute approximate surface area is 236 Å². The third kappa shape index (κ3) is 6.58. The number of aryl methyl sites for hydroxylation is 1. The van der Waals surface area contributed by atoms with E-state index in [1.165, 1.54) is 24.1 Å². The van der Waals surface area contributed by atoms with Crippen LogP contribution in [0.1, 0.15) is 16.7 Å². The summed E-state index contributed by atoms with van der Waals surface area (Å²) in [4.78, 5) is 26.9. The maximum absolute atomic E-state index is 14.1. The molecule has 3 aromatic carbocycles. The molecule has 1 aliphatic heterocycles. The number of hydrogen-bond acceptors (Lipinski definition) is 6. The minimum atomic E-state index is -0.460. The van der Waals surface area contributed by atoms with E-state index in [1.807, 2.05) is 31.2 Å². The van der Waals surface area contributed by atoms with E-state index < -0.39 is 5.82 Å². The number of carbonyl (C=O) groups excluding carboxylic acids is 2. The number of imide groups is 1. The second-order valence-electron chi connectivity index (χ2n) is 8.02. The van der Waals surface area contributed by atoms with E-state index in [9.17, 15) is 14.0 Å². The number of halogens is 3. The Morgan fingerprint density at radius 1 is 1.11 bits per heavy atom. The van der Waals surface area contributed by atoms with Crippen LogP contribution in [0.4, 0.5) is 9.18 Å². The Balaban J connectivity index is 1.46. The Morgan fingerprint density at radius 3 is 2.62 bits per heavy atom. The monoisotopic (exact) mass is 653 g/mol. The number of amides is 2. The first kappa shape index (κ1) is 27.3. The third-order valence-electron chi connectivity index (χ3n) is 5.42. The average Bonchev–Trinajstić information content (AvgIpc) is 3.11. The van der Waals surface area contributed by atoms with Gasteiger partial charge in [0.2, 0.25) is 0 Å². The van der Waals surface area contributed by atoms with Crippen LogP contribution >= 0.6 is 46.0 Å². The van der Waals surface area contributed by atoms with Crippen LogP contribution in [0.2, 0.25) is 5.02 Å². The average molecular weight is 654 g/mol. The van der Waals surface area contributed by atoms with E-state index >= 15 is 0 Å². The highest BCUT2D eigenvalue weighted by molar-refractivity contribution is 14.1. The van der Waals surface area contributed by atoms with Crippen LogP contribution in [0, 0.1) is 16.3 Å². The Hall–Kier alpha value is -2.76. The molecule has 192 valence electrons. The molecule has 0 atom stereocenters. The summed E-state index contributed by atoms with van der Waals surface area (Å²) in [5.74, 6) is 0.658. The highest BCUT2D eigenvalue weighted by atomic mass is 127. The molecular weight excluding hydrogens is 632 g/mol. The summed E-state index contributed by atoms with van der Waals surface area (Å²) < 4.78 is 31.8. The van der Waals surface area contributed by atoms with Gasteiger partial charge in [-0.25, -0.2) is 4.39 Å². The lowest BCUT2D eigenvalue weighted by Gasteiger charge is -2.15. The van der Waals surface area contributed by atoms with Crippen LogP contribution in [0.3, 0.4) is 0 Å². The van der Waals surface area contributed by atoms with Gasteiger partial charge in [-0.05, 0) is 94.9 Å². The van der Waals surface area contributed by atoms with Gasteiger partial charge in [-0.2, -0.15) is 0 Å². The molecule has 10 heteroatoms.